The lowest BCUT2D eigenvalue weighted by molar-refractivity contribution is 0.383. The van der Waals surface area contributed by atoms with Gasteiger partial charge in [0.1, 0.15) is 5.70 Å². The average Bonchev–Trinajstić information content (AvgIpc) is 2.30. The lowest BCUT2D eigenvalue weighted by Crippen LogP contribution is -2.22. The molecule has 0 amide bonds. The van der Waals surface area contributed by atoms with Crippen molar-refractivity contribution in [3.63, 3.8) is 0 Å². The highest BCUT2D eigenvalue weighted by atomic mass is 32.2. The van der Waals surface area contributed by atoms with Crippen molar-refractivity contribution in [1.82, 2.24) is 9.88 Å². The maximum absolute atomic E-state index is 4.22. The Kier molecular flexibility index (Phi) is 3.13. The quantitative estimate of drug-likeness (QED) is 0.768. The van der Waals surface area contributed by atoms with E-state index in [-0.39, 0.29) is 5.50 Å². The SMILES string of the molecule is CN(C)C1N=NC(c2ccccn2)=CS1. The van der Waals surface area contributed by atoms with E-state index in [0.29, 0.717) is 0 Å². The van der Waals surface area contributed by atoms with Crippen LogP contribution in [0.4, 0.5) is 0 Å². The minimum absolute atomic E-state index is 0.0810. The molecular weight excluding hydrogens is 208 g/mol. The van der Waals surface area contributed by atoms with Crippen molar-refractivity contribution in [1.29, 1.82) is 0 Å². The molecule has 0 aliphatic carbocycles. The van der Waals surface area contributed by atoms with Gasteiger partial charge >= 0.3 is 0 Å². The van der Waals surface area contributed by atoms with Crippen LogP contribution < -0.4 is 0 Å². The fourth-order valence-corrected chi connectivity index (χ4v) is 1.90. The molecule has 1 unspecified atom stereocenters. The van der Waals surface area contributed by atoms with Crippen LogP contribution in [0.1, 0.15) is 5.69 Å². The molecular formula is C10H12N4S. The summed E-state index contributed by atoms with van der Waals surface area (Å²) in [4.78, 5) is 6.24. The van der Waals surface area contributed by atoms with E-state index in [9.17, 15) is 0 Å². The van der Waals surface area contributed by atoms with Crippen molar-refractivity contribution in [3.8, 4) is 0 Å². The van der Waals surface area contributed by atoms with Gasteiger partial charge in [-0.05, 0) is 26.2 Å². The molecule has 78 valence electrons. The lowest BCUT2D eigenvalue weighted by atomic mass is 10.3. The van der Waals surface area contributed by atoms with Crippen LogP contribution in [0.3, 0.4) is 0 Å². The maximum atomic E-state index is 4.22. The molecule has 5 heteroatoms. The molecule has 0 saturated carbocycles. The van der Waals surface area contributed by atoms with Gasteiger partial charge in [-0.25, -0.2) is 0 Å². The number of azo groups is 1. The number of rotatable bonds is 2. The summed E-state index contributed by atoms with van der Waals surface area (Å²) < 4.78 is 0. The molecule has 1 aromatic heterocycles. The second kappa shape index (κ2) is 4.55. The third-order valence-electron chi connectivity index (χ3n) is 1.93. The van der Waals surface area contributed by atoms with E-state index >= 15 is 0 Å². The van der Waals surface area contributed by atoms with E-state index < -0.39 is 0 Å². The molecule has 0 bridgehead atoms. The molecule has 0 spiro atoms. The minimum Gasteiger partial charge on any atom is -0.278 e. The third-order valence-corrected chi connectivity index (χ3v) is 3.05. The van der Waals surface area contributed by atoms with Gasteiger partial charge in [-0.2, -0.15) is 10.2 Å². The van der Waals surface area contributed by atoms with Crippen molar-refractivity contribution in [3.05, 3.63) is 35.5 Å². The summed E-state index contributed by atoms with van der Waals surface area (Å²) in [7, 11) is 3.96. The van der Waals surface area contributed by atoms with E-state index in [2.05, 4.69) is 15.2 Å². The molecule has 1 atom stereocenters. The Hall–Kier alpha value is -1.20. The van der Waals surface area contributed by atoms with Gasteiger partial charge in [-0.1, -0.05) is 17.8 Å². The van der Waals surface area contributed by atoms with Crippen molar-refractivity contribution in [2.75, 3.05) is 14.1 Å². The first-order chi connectivity index (χ1) is 7.27. The Bertz CT molecular complexity index is 386. The van der Waals surface area contributed by atoms with E-state index in [1.54, 1.807) is 18.0 Å². The third kappa shape index (κ3) is 2.43. The Morgan fingerprint density at radius 3 is 2.73 bits per heavy atom. The first kappa shape index (κ1) is 10.3. The van der Waals surface area contributed by atoms with Gasteiger partial charge in [-0.15, -0.1) is 0 Å². The zero-order chi connectivity index (χ0) is 10.7. The van der Waals surface area contributed by atoms with Crippen molar-refractivity contribution in [2.24, 2.45) is 10.2 Å². The predicted molar refractivity (Wildman–Crippen MR) is 62.1 cm³/mol. The highest BCUT2D eigenvalue weighted by Gasteiger charge is 2.14. The van der Waals surface area contributed by atoms with Crippen LogP contribution in [0.5, 0.6) is 0 Å². The number of hydrogen-bond acceptors (Lipinski definition) is 5. The van der Waals surface area contributed by atoms with E-state index in [1.165, 1.54) is 0 Å². The highest BCUT2D eigenvalue weighted by molar-refractivity contribution is 8.02. The van der Waals surface area contributed by atoms with Crippen LogP contribution in [-0.4, -0.2) is 29.5 Å². The molecule has 2 rings (SSSR count). The predicted octanol–water partition coefficient (Wildman–Crippen LogP) is 2.42. The van der Waals surface area contributed by atoms with Gasteiger partial charge in [0.25, 0.3) is 0 Å². The fraction of sp³-hybridized carbons (Fsp3) is 0.300. The summed E-state index contributed by atoms with van der Waals surface area (Å²) in [5.41, 5.74) is 1.78. The number of pyridine rings is 1. The normalized spacial score (nSPS) is 20.5. The molecule has 0 radical (unpaired) electrons. The summed E-state index contributed by atoms with van der Waals surface area (Å²) in [5, 5.41) is 10.4. The Morgan fingerprint density at radius 2 is 2.20 bits per heavy atom. The molecule has 1 aromatic rings. The van der Waals surface area contributed by atoms with Gasteiger partial charge in [-0.3, -0.25) is 9.88 Å². The molecule has 0 saturated heterocycles. The number of hydrogen-bond donors (Lipinski definition) is 0. The summed E-state index contributed by atoms with van der Waals surface area (Å²) in [6, 6.07) is 5.77. The van der Waals surface area contributed by atoms with Gasteiger partial charge < -0.3 is 0 Å². The molecule has 0 N–H and O–H groups in total. The molecule has 1 aliphatic rings. The Labute approximate surface area is 93.1 Å². The second-order valence-corrected chi connectivity index (χ2v) is 4.29. The lowest BCUT2D eigenvalue weighted by Gasteiger charge is -2.19. The molecule has 15 heavy (non-hydrogen) atoms. The van der Waals surface area contributed by atoms with Gasteiger partial charge in [0.05, 0.1) is 5.69 Å². The molecule has 0 aromatic carbocycles. The Morgan fingerprint density at radius 1 is 1.33 bits per heavy atom. The monoisotopic (exact) mass is 220 g/mol. The second-order valence-electron chi connectivity index (χ2n) is 3.36. The van der Waals surface area contributed by atoms with E-state index in [4.69, 9.17) is 0 Å². The summed E-state index contributed by atoms with van der Waals surface area (Å²) in [6.07, 6.45) is 1.76. The van der Waals surface area contributed by atoms with Crippen molar-refractivity contribution >= 4 is 17.5 Å². The average molecular weight is 220 g/mol. The number of aromatic nitrogens is 1. The first-order valence-corrected chi connectivity index (χ1v) is 5.56. The smallest absolute Gasteiger partial charge is 0.174 e. The van der Waals surface area contributed by atoms with Gasteiger partial charge in [0, 0.05) is 11.6 Å². The first-order valence-electron chi connectivity index (χ1n) is 4.61. The fourth-order valence-electron chi connectivity index (χ4n) is 1.14. The molecule has 1 aliphatic heterocycles. The largest absolute Gasteiger partial charge is 0.278 e. The Balaban J connectivity index is 2.13. The topological polar surface area (TPSA) is 40.9 Å². The summed E-state index contributed by atoms with van der Waals surface area (Å²) in [6.45, 7) is 0. The number of thioether (sulfide) groups is 1. The number of nitrogens with zero attached hydrogens (tertiary/aromatic N) is 4. The van der Waals surface area contributed by atoms with E-state index in [1.807, 2.05) is 42.6 Å². The minimum atomic E-state index is 0.0810. The standard InChI is InChI=1S/C10H12N4S/c1-14(2)10-13-12-9(7-15-10)8-5-3-4-6-11-8/h3-7,10H,1-2H3. The van der Waals surface area contributed by atoms with Crippen LogP contribution in [0.25, 0.3) is 5.70 Å². The van der Waals surface area contributed by atoms with Crippen molar-refractivity contribution < 1.29 is 0 Å². The van der Waals surface area contributed by atoms with Crippen LogP contribution >= 0.6 is 11.8 Å². The van der Waals surface area contributed by atoms with Crippen LogP contribution in [0.2, 0.25) is 0 Å². The van der Waals surface area contributed by atoms with Gasteiger partial charge in [0.2, 0.25) is 0 Å². The van der Waals surface area contributed by atoms with Crippen molar-refractivity contribution in [2.45, 2.75) is 5.50 Å². The summed E-state index contributed by atoms with van der Waals surface area (Å²) in [5.74, 6) is 0. The van der Waals surface area contributed by atoms with Crippen LogP contribution in [0.15, 0.2) is 40.0 Å². The van der Waals surface area contributed by atoms with Crippen LogP contribution in [0, 0.1) is 0 Å². The highest BCUT2D eigenvalue weighted by Crippen LogP contribution is 2.28. The molecule has 2 heterocycles. The molecule has 4 nitrogen and oxygen atoms in total. The zero-order valence-corrected chi connectivity index (χ0v) is 9.48. The van der Waals surface area contributed by atoms with Crippen LogP contribution in [-0.2, 0) is 0 Å². The summed E-state index contributed by atoms with van der Waals surface area (Å²) >= 11 is 1.64. The van der Waals surface area contributed by atoms with Gasteiger partial charge in [0.15, 0.2) is 5.50 Å². The maximum Gasteiger partial charge on any atom is 0.174 e. The van der Waals surface area contributed by atoms with E-state index in [0.717, 1.165) is 11.4 Å². The molecule has 0 fully saturated rings. The zero-order valence-electron chi connectivity index (χ0n) is 8.66.